The first-order valence-corrected chi connectivity index (χ1v) is 8.30. The molecule has 0 amide bonds. The highest BCUT2D eigenvalue weighted by Crippen LogP contribution is 2.34. The largest absolute Gasteiger partial charge is 0.457 e. The monoisotopic (exact) mass is 278 g/mol. The number of rotatable bonds is 2. The fourth-order valence-corrected chi connectivity index (χ4v) is 3.74. The van der Waals surface area contributed by atoms with E-state index < -0.39 is 0 Å². The maximum atomic E-state index is 6.24. The van der Waals surface area contributed by atoms with Gasteiger partial charge in [-0.25, -0.2) is 0 Å². The molecule has 0 atom stereocenters. The van der Waals surface area contributed by atoms with Crippen LogP contribution in [0, 0.1) is 0 Å². The molecule has 108 valence electrons. The van der Waals surface area contributed by atoms with Crippen molar-refractivity contribution in [1.82, 2.24) is 0 Å². The lowest BCUT2D eigenvalue weighted by molar-refractivity contribution is 0.468. The second kappa shape index (κ2) is 5.55. The van der Waals surface area contributed by atoms with Crippen molar-refractivity contribution in [3.8, 4) is 11.5 Å². The lowest BCUT2D eigenvalue weighted by atomic mass is 9.91. The van der Waals surface area contributed by atoms with Crippen LogP contribution in [0.3, 0.4) is 0 Å². The highest BCUT2D eigenvalue weighted by atomic mass is 16.5. The summed E-state index contributed by atoms with van der Waals surface area (Å²) in [6.45, 7) is 0. The molecule has 0 radical (unpaired) electrons. The van der Waals surface area contributed by atoms with Crippen molar-refractivity contribution in [2.24, 2.45) is 0 Å². The van der Waals surface area contributed by atoms with Gasteiger partial charge in [-0.15, -0.1) is 0 Å². The third kappa shape index (κ3) is 2.57. The summed E-state index contributed by atoms with van der Waals surface area (Å²) in [5.41, 5.74) is 5.92. The predicted octanol–water partition coefficient (Wildman–Crippen LogP) is 5.24. The van der Waals surface area contributed by atoms with Gasteiger partial charge in [0.15, 0.2) is 0 Å². The van der Waals surface area contributed by atoms with Gasteiger partial charge in [-0.05, 0) is 91.8 Å². The number of benzene rings is 2. The van der Waals surface area contributed by atoms with Crippen LogP contribution in [0.25, 0.3) is 0 Å². The van der Waals surface area contributed by atoms with E-state index in [4.69, 9.17) is 4.74 Å². The summed E-state index contributed by atoms with van der Waals surface area (Å²) in [6.07, 6.45) is 10.1. The molecule has 4 rings (SSSR count). The molecule has 2 aliphatic carbocycles. The Morgan fingerprint density at radius 3 is 2.33 bits per heavy atom. The first kappa shape index (κ1) is 12.9. The molecule has 0 saturated carbocycles. The molecule has 0 spiro atoms. The van der Waals surface area contributed by atoms with Crippen LogP contribution >= 0.6 is 0 Å². The quantitative estimate of drug-likeness (QED) is 0.730. The summed E-state index contributed by atoms with van der Waals surface area (Å²) in [4.78, 5) is 0. The summed E-state index contributed by atoms with van der Waals surface area (Å²) in [7, 11) is 0. The minimum atomic E-state index is 1.01. The van der Waals surface area contributed by atoms with Crippen LogP contribution in [0.15, 0.2) is 36.4 Å². The smallest absolute Gasteiger partial charge is 0.130 e. The molecule has 1 nitrogen and oxygen atoms in total. The summed E-state index contributed by atoms with van der Waals surface area (Å²) >= 11 is 0. The fourth-order valence-electron chi connectivity index (χ4n) is 3.74. The standard InChI is InChI=1S/C20H22O/c1-2-8-17-14-18(13-12-15(17)6-1)21-20-11-5-9-16-7-3-4-10-19(16)20/h5,9,11-14H,1-4,6-8,10H2. The number of hydrogen-bond donors (Lipinski definition) is 0. The van der Waals surface area contributed by atoms with Crippen molar-refractivity contribution in [2.75, 3.05) is 0 Å². The lowest BCUT2D eigenvalue weighted by Gasteiger charge is -2.20. The number of hydrogen-bond acceptors (Lipinski definition) is 1. The third-order valence-corrected chi connectivity index (χ3v) is 4.90. The van der Waals surface area contributed by atoms with Gasteiger partial charge in [-0.1, -0.05) is 18.2 Å². The SMILES string of the molecule is c1cc2c(c(Oc3ccc4c(c3)CCCC4)c1)CCCC2. The Morgan fingerprint density at radius 1 is 0.667 bits per heavy atom. The van der Waals surface area contributed by atoms with E-state index in [0.717, 1.165) is 17.9 Å². The summed E-state index contributed by atoms with van der Waals surface area (Å²) < 4.78 is 6.24. The van der Waals surface area contributed by atoms with Crippen molar-refractivity contribution in [3.63, 3.8) is 0 Å². The highest BCUT2D eigenvalue weighted by Gasteiger charge is 2.15. The molecule has 1 heteroatoms. The zero-order valence-corrected chi connectivity index (χ0v) is 12.5. The van der Waals surface area contributed by atoms with E-state index in [1.807, 2.05) is 0 Å². The topological polar surface area (TPSA) is 9.23 Å². The zero-order valence-electron chi connectivity index (χ0n) is 12.5. The zero-order chi connectivity index (χ0) is 14.1. The lowest BCUT2D eigenvalue weighted by Crippen LogP contribution is -2.05. The van der Waals surface area contributed by atoms with Crippen molar-refractivity contribution < 1.29 is 4.74 Å². The van der Waals surface area contributed by atoms with Crippen LogP contribution in [-0.2, 0) is 25.7 Å². The Labute approximate surface area is 127 Å². The van der Waals surface area contributed by atoms with Crippen LogP contribution in [0.4, 0.5) is 0 Å². The number of fused-ring (bicyclic) bond motifs is 2. The van der Waals surface area contributed by atoms with Crippen LogP contribution in [0.2, 0.25) is 0 Å². The molecule has 21 heavy (non-hydrogen) atoms. The van der Waals surface area contributed by atoms with Crippen LogP contribution in [-0.4, -0.2) is 0 Å². The van der Waals surface area contributed by atoms with E-state index >= 15 is 0 Å². The van der Waals surface area contributed by atoms with Crippen molar-refractivity contribution >= 4 is 0 Å². The molecule has 0 heterocycles. The van der Waals surface area contributed by atoms with Crippen molar-refractivity contribution in [3.05, 3.63) is 58.7 Å². The molecule has 0 unspecified atom stereocenters. The van der Waals surface area contributed by atoms with Crippen LogP contribution < -0.4 is 4.74 Å². The fraction of sp³-hybridized carbons (Fsp3) is 0.400. The maximum Gasteiger partial charge on any atom is 0.130 e. The van der Waals surface area contributed by atoms with E-state index in [1.54, 1.807) is 0 Å². The molecule has 0 aromatic heterocycles. The van der Waals surface area contributed by atoms with Gasteiger partial charge < -0.3 is 4.74 Å². The van der Waals surface area contributed by atoms with Gasteiger partial charge in [0, 0.05) is 0 Å². The molecule has 2 aliphatic rings. The first-order chi connectivity index (χ1) is 10.4. The Hall–Kier alpha value is -1.76. The van der Waals surface area contributed by atoms with Crippen LogP contribution in [0.5, 0.6) is 11.5 Å². The molecular weight excluding hydrogens is 256 g/mol. The first-order valence-electron chi connectivity index (χ1n) is 8.30. The molecular formula is C20H22O. The second-order valence-corrected chi connectivity index (χ2v) is 6.34. The maximum absolute atomic E-state index is 6.24. The predicted molar refractivity (Wildman–Crippen MR) is 86.2 cm³/mol. The van der Waals surface area contributed by atoms with Crippen LogP contribution in [0.1, 0.15) is 47.9 Å². The van der Waals surface area contributed by atoms with E-state index in [1.165, 1.54) is 67.2 Å². The van der Waals surface area contributed by atoms with Gasteiger partial charge in [0.1, 0.15) is 11.5 Å². The normalized spacial score (nSPS) is 17.0. The molecule has 0 aliphatic heterocycles. The van der Waals surface area contributed by atoms with Gasteiger partial charge in [0.2, 0.25) is 0 Å². The minimum Gasteiger partial charge on any atom is -0.457 e. The third-order valence-electron chi connectivity index (χ3n) is 4.90. The van der Waals surface area contributed by atoms with Gasteiger partial charge in [0.05, 0.1) is 0 Å². The Morgan fingerprint density at radius 2 is 1.43 bits per heavy atom. The van der Waals surface area contributed by atoms with Crippen molar-refractivity contribution in [1.29, 1.82) is 0 Å². The molecule has 0 fully saturated rings. The number of ether oxygens (including phenoxy) is 1. The molecule has 0 saturated heterocycles. The molecule has 0 N–H and O–H groups in total. The van der Waals surface area contributed by atoms with Crippen molar-refractivity contribution in [2.45, 2.75) is 51.4 Å². The molecule has 0 bridgehead atoms. The minimum absolute atomic E-state index is 1.01. The van der Waals surface area contributed by atoms with E-state index in [0.29, 0.717) is 0 Å². The van der Waals surface area contributed by atoms with E-state index in [9.17, 15) is 0 Å². The van der Waals surface area contributed by atoms with Gasteiger partial charge in [0.25, 0.3) is 0 Å². The summed E-state index contributed by atoms with van der Waals surface area (Å²) in [6, 6.07) is 13.2. The van der Waals surface area contributed by atoms with E-state index in [2.05, 4.69) is 36.4 Å². The van der Waals surface area contributed by atoms with Gasteiger partial charge in [-0.3, -0.25) is 0 Å². The highest BCUT2D eigenvalue weighted by molar-refractivity contribution is 5.45. The second-order valence-electron chi connectivity index (χ2n) is 6.34. The van der Waals surface area contributed by atoms with Gasteiger partial charge >= 0.3 is 0 Å². The summed E-state index contributed by atoms with van der Waals surface area (Å²) in [5.74, 6) is 2.08. The Kier molecular flexibility index (Phi) is 3.42. The Balaban J connectivity index is 1.64. The average Bonchev–Trinajstić information content (AvgIpc) is 2.55. The number of aryl methyl sites for hydroxylation is 3. The molecule has 2 aromatic carbocycles. The van der Waals surface area contributed by atoms with E-state index in [-0.39, 0.29) is 0 Å². The average molecular weight is 278 g/mol. The molecule has 2 aromatic rings. The Bertz CT molecular complexity index is 657. The van der Waals surface area contributed by atoms with Gasteiger partial charge in [-0.2, -0.15) is 0 Å². The summed E-state index contributed by atoms with van der Waals surface area (Å²) in [5, 5.41) is 0.